The van der Waals surface area contributed by atoms with E-state index in [0.29, 0.717) is 41.6 Å². The number of anilines is 2. The zero-order chi connectivity index (χ0) is 20.1. The van der Waals surface area contributed by atoms with E-state index in [1.165, 1.54) is 0 Å². The first-order valence-corrected chi connectivity index (χ1v) is 9.88. The number of hydrogen-bond acceptors (Lipinski definition) is 8. The summed E-state index contributed by atoms with van der Waals surface area (Å²) in [6.45, 7) is 0.637. The number of esters is 1. The van der Waals surface area contributed by atoms with E-state index in [1.807, 2.05) is 6.07 Å². The van der Waals surface area contributed by atoms with Gasteiger partial charge in [-0.15, -0.1) is 0 Å². The molecule has 29 heavy (non-hydrogen) atoms. The third-order valence-corrected chi connectivity index (χ3v) is 5.03. The summed E-state index contributed by atoms with van der Waals surface area (Å²) < 4.78 is 5.31. The fourth-order valence-corrected chi connectivity index (χ4v) is 3.44. The topological polar surface area (TPSA) is 131 Å². The van der Waals surface area contributed by atoms with Crippen LogP contribution in [0.15, 0.2) is 36.7 Å². The number of carbonyl (C=O) groups excluding carboxylic acids is 1. The van der Waals surface area contributed by atoms with E-state index in [-0.39, 0.29) is 12.6 Å². The van der Waals surface area contributed by atoms with Gasteiger partial charge < -0.3 is 26.1 Å². The Kier molecular flexibility index (Phi) is 5.85. The van der Waals surface area contributed by atoms with Crippen LogP contribution in [0, 0.1) is 0 Å². The number of ether oxygens (including phenoxy) is 1. The molecule has 5 N–H and O–H groups in total. The van der Waals surface area contributed by atoms with Crippen LogP contribution in [-0.4, -0.2) is 51.1 Å². The summed E-state index contributed by atoms with van der Waals surface area (Å²) in [5.74, 6) is 0.812. The van der Waals surface area contributed by atoms with E-state index in [4.69, 9.17) is 10.5 Å². The van der Waals surface area contributed by atoms with Gasteiger partial charge in [0.15, 0.2) is 11.5 Å². The Morgan fingerprint density at radius 1 is 1.17 bits per heavy atom. The number of H-pyrrole nitrogens is 1. The summed E-state index contributed by atoms with van der Waals surface area (Å²) in [4.78, 5) is 28.4. The zero-order valence-electron chi connectivity index (χ0n) is 16.1. The van der Waals surface area contributed by atoms with Gasteiger partial charge in [0, 0.05) is 12.1 Å². The second-order valence-electron chi connectivity index (χ2n) is 7.18. The standard InChI is InChI=1S/C20H25N7O2/c21-14-6-8-15(9-7-14)25-20-26-17(16-18(27-20)24-12-23-16)22-10-11-29-19(28)13-4-2-1-3-5-13/h1-5,12,14-15H,6-11,21H2,(H3,22,23,24,25,26,27). The van der Waals surface area contributed by atoms with Crippen LogP contribution in [0.25, 0.3) is 11.2 Å². The Bertz CT molecular complexity index is 952. The Hall–Kier alpha value is -3.20. The molecule has 1 aliphatic rings. The molecule has 0 atom stereocenters. The quantitative estimate of drug-likeness (QED) is 0.354. The lowest BCUT2D eigenvalue weighted by Gasteiger charge is -2.26. The number of hydrogen-bond donors (Lipinski definition) is 4. The number of imidazole rings is 1. The van der Waals surface area contributed by atoms with Gasteiger partial charge in [0.05, 0.1) is 18.4 Å². The lowest BCUT2D eigenvalue weighted by Crippen LogP contribution is -2.33. The normalized spacial score (nSPS) is 19.1. The molecule has 152 valence electrons. The molecular formula is C20H25N7O2. The monoisotopic (exact) mass is 395 g/mol. The summed E-state index contributed by atoms with van der Waals surface area (Å²) in [6, 6.07) is 9.52. The molecule has 1 fully saturated rings. The molecule has 0 amide bonds. The summed E-state index contributed by atoms with van der Waals surface area (Å²) in [6.07, 6.45) is 5.59. The molecule has 1 saturated carbocycles. The number of nitrogens with zero attached hydrogens (tertiary/aromatic N) is 3. The Labute approximate surface area is 168 Å². The van der Waals surface area contributed by atoms with Crippen molar-refractivity contribution in [3.8, 4) is 0 Å². The van der Waals surface area contributed by atoms with Crippen LogP contribution in [0.5, 0.6) is 0 Å². The maximum Gasteiger partial charge on any atom is 0.338 e. The molecule has 2 heterocycles. The molecule has 0 spiro atoms. The number of carbonyl (C=O) groups is 1. The van der Waals surface area contributed by atoms with E-state index in [0.717, 1.165) is 31.2 Å². The highest BCUT2D eigenvalue weighted by Crippen LogP contribution is 2.23. The van der Waals surface area contributed by atoms with E-state index in [9.17, 15) is 4.79 Å². The van der Waals surface area contributed by atoms with Gasteiger partial charge in [-0.25, -0.2) is 9.78 Å². The summed E-state index contributed by atoms with van der Waals surface area (Å²) in [7, 11) is 0. The molecule has 0 saturated heterocycles. The van der Waals surface area contributed by atoms with E-state index >= 15 is 0 Å². The Morgan fingerprint density at radius 2 is 1.97 bits per heavy atom. The lowest BCUT2D eigenvalue weighted by atomic mass is 9.92. The van der Waals surface area contributed by atoms with Gasteiger partial charge in [-0.2, -0.15) is 9.97 Å². The average Bonchev–Trinajstić information content (AvgIpc) is 3.22. The number of fused-ring (bicyclic) bond motifs is 1. The van der Waals surface area contributed by atoms with Crippen molar-refractivity contribution in [2.24, 2.45) is 5.73 Å². The smallest absolute Gasteiger partial charge is 0.338 e. The van der Waals surface area contributed by atoms with Gasteiger partial charge in [0.25, 0.3) is 0 Å². The molecule has 4 rings (SSSR count). The molecule has 1 aromatic carbocycles. The SMILES string of the molecule is NC1CCC(Nc2nc(NCCOC(=O)c3ccccc3)c3[nH]cnc3n2)CC1. The second-order valence-corrected chi connectivity index (χ2v) is 7.18. The van der Waals surface area contributed by atoms with Crippen molar-refractivity contribution >= 4 is 28.9 Å². The highest BCUT2D eigenvalue weighted by atomic mass is 16.5. The number of benzene rings is 1. The van der Waals surface area contributed by atoms with Crippen LogP contribution in [0.4, 0.5) is 11.8 Å². The molecule has 0 radical (unpaired) electrons. The van der Waals surface area contributed by atoms with Crippen LogP contribution in [-0.2, 0) is 4.74 Å². The largest absolute Gasteiger partial charge is 0.460 e. The Balaban J connectivity index is 1.36. The summed E-state index contributed by atoms with van der Waals surface area (Å²) in [5.41, 5.74) is 7.81. The predicted octanol–water partition coefficient (Wildman–Crippen LogP) is 2.30. The van der Waals surface area contributed by atoms with Gasteiger partial charge in [-0.1, -0.05) is 18.2 Å². The maximum atomic E-state index is 12.0. The summed E-state index contributed by atoms with van der Waals surface area (Å²) in [5, 5.41) is 6.60. The van der Waals surface area contributed by atoms with Crippen LogP contribution in [0.3, 0.4) is 0 Å². The van der Waals surface area contributed by atoms with Crippen LogP contribution in [0.2, 0.25) is 0 Å². The van der Waals surface area contributed by atoms with E-state index < -0.39 is 0 Å². The van der Waals surface area contributed by atoms with Crippen LogP contribution in [0.1, 0.15) is 36.0 Å². The highest BCUT2D eigenvalue weighted by Gasteiger charge is 2.20. The molecule has 0 bridgehead atoms. The van der Waals surface area contributed by atoms with Crippen molar-refractivity contribution < 1.29 is 9.53 Å². The Morgan fingerprint density at radius 3 is 2.76 bits per heavy atom. The molecule has 0 unspecified atom stereocenters. The van der Waals surface area contributed by atoms with Gasteiger partial charge in [0.2, 0.25) is 5.95 Å². The van der Waals surface area contributed by atoms with Crippen molar-refractivity contribution in [2.45, 2.75) is 37.8 Å². The predicted molar refractivity (Wildman–Crippen MR) is 111 cm³/mol. The number of rotatable bonds is 7. The number of nitrogens with one attached hydrogen (secondary N) is 3. The summed E-state index contributed by atoms with van der Waals surface area (Å²) >= 11 is 0. The third kappa shape index (κ3) is 4.80. The van der Waals surface area contributed by atoms with Gasteiger partial charge >= 0.3 is 5.97 Å². The minimum absolute atomic E-state index is 0.219. The van der Waals surface area contributed by atoms with Gasteiger partial charge in [0.1, 0.15) is 12.1 Å². The first-order valence-electron chi connectivity index (χ1n) is 9.88. The van der Waals surface area contributed by atoms with Gasteiger partial charge in [-0.3, -0.25) is 0 Å². The average molecular weight is 395 g/mol. The molecule has 0 aliphatic heterocycles. The van der Waals surface area contributed by atoms with Crippen molar-refractivity contribution in [1.82, 2.24) is 19.9 Å². The molecule has 3 aromatic rings. The van der Waals surface area contributed by atoms with Crippen LogP contribution < -0.4 is 16.4 Å². The molecule has 1 aliphatic carbocycles. The lowest BCUT2D eigenvalue weighted by molar-refractivity contribution is 0.0520. The maximum absolute atomic E-state index is 12.0. The first-order chi connectivity index (χ1) is 14.2. The van der Waals surface area contributed by atoms with Crippen LogP contribution >= 0.6 is 0 Å². The van der Waals surface area contributed by atoms with Crippen molar-refractivity contribution in [1.29, 1.82) is 0 Å². The van der Waals surface area contributed by atoms with Crippen molar-refractivity contribution in [3.63, 3.8) is 0 Å². The third-order valence-electron chi connectivity index (χ3n) is 5.03. The van der Waals surface area contributed by atoms with Crippen molar-refractivity contribution in [3.05, 3.63) is 42.2 Å². The molecule has 9 nitrogen and oxygen atoms in total. The van der Waals surface area contributed by atoms with E-state index in [1.54, 1.807) is 30.6 Å². The first kappa shape index (κ1) is 19.1. The fraction of sp³-hybridized carbons (Fsp3) is 0.400. The highest BCUT2D eigenvalue weighted by molar-refractivity contribution is 5.89. The second kappa shape index (κ2) is 8.87. The number of aromatic nitrogens is 4. The number of aromatic amines is 1. The molecule has 9 heteroatoms. The molecule has 2 aromatic heterocycles. The van der Waals surface area contributed by atoms with Crippen molar-refractivity contribution in [2.75, 3.05) is 23.8 Å². The fourth-order valence-electron chi connectivity index (χ4n) is 3.44. The minimum atomic E-state index is -0.348. The van der Waals surface area contributed by atoms with Gasteiger partial charge in [-0.05, 0) is 37.8 Å². The zero-order valence-corrected chi connectivity index (χ0v) is 16.1. The van der Waals surface area contributed by atoms with E-state index in [2.05, 4.69) is 30.6 Å². The minimum Gasteiger partial charge on any atom is -0.460 e. The number of nitrogens with two attached hydrogens (primary N) is 1. The molecular weight excluding hydrogens is 370 g/mol.